The molecule has 1 aromatic carbocycles. The van der Waals surface area contributed by atoms with Crippen molar-refractivity contribution in [3.63, 3.8) is 0 Å². The van der Waals surface area contributed by atoms with E-state index in [0.717, 1.165) is 36.8 Å². The molecule has 1 aromatic rings. The van der Waals surface area contributed by atoms with E-state index in [1.165, 1.54) is 0 Å². The Hall–Kier alpha value is -1.76. The minimum absolute atomic E-state index is 0.00884. The molecule has 0 bridgehead atoms. The summed E-state index contributed by atoms with van der Waals surface area (Å²) in [6.45, 7) is 2.57. The maximum atomic E-state index is 13.2. The molecule has 2 amide bonds. The van der Waals surface area contributed by atoms with Crippen LogP contribution in [0.2, 0.25) is 0 Å². The molecule has 0 saturated carbocycles. The second-order valence-corrected chi connectivity index (χ2v) is 6.89. The van der Waals surface area contributed by atoms with Crippen molar-refractivity contribution < 1.29 is 19.1 Å². The quantitative estimate of drug-likeness (QED) is 0.799. The largest absolute Gasteiger partial charge is 0.478 e. The van der Waals surface area contributed by atoms with Gasteiger partial charge in [-0.15, -0.1) is 0 Å². The standard InChI is InChI=1S/C14H17FN2O3S/c1-14(5-2-6-21-14)8-16-13(20)17-11-7-9(15)3-4-10(11)12(18)19/h3-4,7H,2,5-6,8H2,1H3,(H,18,19)(H2,16,17,20). The number of nitrogens with one attached hydrogen (secondary N) is 2. The predicted octanol–water partition coefficient (Wildman–Crippen LogP) is 2.93. The topological polar surface area (TPSA) is 78.4 Å². The normalized spacial score (nSPS) is 21.0. The lowest BCUT2D eigenvalue weighted by atomic mass is 10.1. The van der Waals surface area contributed by atoms with Crippen LogP contribution in [0.15, 0.2) is 18.2 Å². The number of anilines is 1. The van der Waals surface area contributed by atoms with Gasteiger partial charge in [0.1, 0.15) is 5.82 Å². The Morgan fingerprint density at radius 2 is 2.24 bits per heavy atom. The fraction of sp³-hybridized carbons (Fsp3) is 0.429. The maximum Gasteiger partial charge on any atom is 0.337 e. The first-order chi connectivity index (χ1) is 9.89. The van der Waals surface area contributed by atoms with Crippen LogP contribution in [0.1, 0.15) is 30.1 Å². The second kappa shape index (κ2) is 6.34. The van der Waals surface area contributed by atoms with Gasteiger partial charge < -0.3 is 15.7 Å². The van der Waals surface area contributed by atoms with Gasteiger partial charge >= 0.3 is 12.0 Å². The van der Waals surface area contributed by atoms with E-state index in [-0.39, 0.29) is 16.0 Å². The van der Waals surface area contributed by atoms with E-state index in [2.05, 4.69) is 17.6 Å². The van der Waals surface area contributed by atoms with Gasteiger partial charge in [-0.2, -0.15) is 11.8 Å². The third-order valence-electron chi connectivity index (χ3n) is 3.38. The number of carbonyl (C=O) groups excluding carboxylic acids is 1. The molecule has 3 N–H and O–H groups in total. The third-order valence-corrected chi connectivity index (χ3v) is 4.92. The van der Waals surface area contributed by atoms with Crippen LogP contribution < -0.4 is 10.6 Å². The molecule has 1 aliphatic heterocycles. The number of aromatic carboxylic acids is 1. The summed E-state index contributed by atoms with van der Waals surface area (Å²) < 4.78 is 13.2. The molecule has 7 heteroatoms. The summed E-state index contributed by atoms with van der Waals surface area (Å²) in [6, 6.07) is 2.64. The van der Waals surface area contributed by atoms with E-state index in [9.17, 15) is 14.0 Å². The van der Waals surface area contributed by atoms with Crippen LogP contribution in [0.25, 0.3) is 0 Å². The Morgan fingerprint density at radius 1 is 1.48 bits per heavy atom. The van der Waals surface area contributed by atoms with Crippen LogP contribution in [0.3, 0.4) is 0 Å². The summed E-state index contributed by atoms with van der Waals surface area (Å²) >= 11 is 1.81. The van der Waals surface area contributed by atoms with E-state index in [4.69, 9.17) is 5.11 Å². The van der Waals surface area contributed by atoms with Gasteiger partial charge in [0, 0.05) is 11.3 Å². The smallest absolute Gasteiger partial charge is 0.337 e. The van der Waals surface area contributed by atoms with Gasteiger partial charge in [-0.3, -0.25) is 0 Å². The van der Waals surface area contributed by atoms with Crippen molar-refractivity contribution >= 4 is 29.4 Å². The molecule has 1 aliphatic rings. The lowest BCUT2D eigenvalue weighted by molar-refractivity contribution is 0.0698. The van der Waals surface area contributed by atoms with Crippen molar-refractivity contribution in [1.29, 1.82) is 0 Å². The fourth-order valence-electron chi connectivity index (χ4n) is 2.22. The molecule has 0 radical (unpaired) electrons. The highest BCUT2D eigenvalue weighted by molar-refractivity contribution is 8.00. The highest BCUT2D eigenvalue weighted by Crippen LogP contribution is 2.36. The highest BCUT2D eigenvalue weighted by atomic mass is 32.2. The summed E-state index contributed by atoms with van der Waals surface area (Å²) in [5, 5.41) is 14.1. The predicted molar refractivity (Wildman–Crippen MR) is 80.5 cm³/mol. The molecule has 21 heavy (non-hydrogen) atoms. The number of carboxylic acids is 1. The van der Waals surface area contributed by atoms with Crippen LogP contribution >= 0.6 is 11.8 Å². The molecular weight excluding hydrogens is 295 g/mol. The van der Waals surface area contributed by atoms with Gasteiger partial charge in [-0.25, -0.2) is 14.0 Å². The van der Waals surface area contributed by atoms with Crippen molar-refractivity contribution in [1.82, 2.24) is 5.32 Å². The van der Waals surface area contributed by atoms with Gasteiger partial charge in [0.2, 0.25) is 0 Å². The maximum absolute atomic E-state index is 13.2. The Bertz CT molecular complexity index is 559. The molecule has 0 spiro atoms. The molecule has 0 aliphatic carbocycles. The van der Waals surface area contributed by atoms with Gasteiger partial charge in [0.15, 0.2) is 0 Å². The first kappa shape index (κ1) is 15.6. The highest BCUT2D eigenvalue weighted by Gasteiger charge is 2.29. The first-order valence-corrected chi connectivity index (χ1v) is 7.60. The summed E-state index contributed by atoms with van der Waals surface area (Å²) in [5.41, 5.74) is -0.197. The van der Waals surface area contributed by atoms with Crippen molar-refractivity contribution in [3.8, 4) is 0 Å². The Labute approximate surface area is 126 Å². The number of amides is 2. The molecule has 1 unspecified atom stereocenters. The van der Waals surface area contributed by atoms with Crippen LogP contribution in [0, 0.1) is 5.82 Å². The van der Waals surface area contributed by atoms with Crippen LogP contribution in [0.4, 0.5) is 14.9 Å². The molecular formula is C14H17FN2O3S. The van der Waals surface area contributed by atoms with Gasteiger partial charge in [0.25, 0.3) is 0 Å². The number of carbonyl (C=O) groups is 2. The van der Waals surface area contributed by atoms with Crippen molar-refractivity contribution in [2.45, 2.75) is 24.5 Å². The molecule has 114 valence electrons. The summed E-state index contributed by atoms with van der Waals surface area (Å²) in [6.07, 6.45) is 2.15. The second-order valence-electron chi connectivity index (χ2n) is 5.20. The Kier molecular flexibility index (Phi) is 4.72. The van der Waals surface area contributed by atoms with E-state index in [1.54, 1.807) is 11.8 Å². The molecule has 1 fully saturated rings. The van der Waals surface area contributed by atoms with E-state index in [0.29, 0.717) is 6.54 Å². The Morgan fingerprint density at radius 3 is 2.86 bits per heavy atom. The fourth-order valence-corrected chi connectivity index (χ4v) is 3.46. The average molecular weight is 312 g/mol. The van der Waals surface area contributed by atoms with Crippen molar-refractivity contribution in [2.24, 2.45) is 0 Å². The van der Waals surface area contributed by atoms with E-state index in [1.807, 2.05) is 0 Å². The van der Waals surface area contributed by atoms with Gasteiger partial charge in [-0.1, -0.05) is 0 Å². The number of carboxylic acid groups (broad SMARTS) is 1. The van der Waals surface area contributed by atoms with Crippen molar-refractivity contribution in [3.05, 3.63) is 29.6 Å². The SMILES string of the molecule is CC1(CNC(=O)Nc2cc(F)ccc2C(=O)O)CCCS1. The summed E-state index contributed by atoms with van der Waals surface area (Å²) in [5.74, 6) is -0.746. The number of urea groups is 1. The van der Waals surface area contributed by atoms with Crippen LogP contribution in [-0.2, 0) is 0 Å². The number of benzene rings is 1. The monoisotopic (exact) mass is 312 g/mol. The first-order valence-electron chi connectivity index (χ1n) is 6.61. The number of halogens is 1. The zero-order valence-electron chi connectivity index (χ0n) is 11.6. The minimum Gasteiger partial charge on any atom is -0.478 e. The minimum atomic E-state index is -1.22. The number of thioether (sulfide) groups is 1. The van der Waals surface area contributed by atoms with Gasteiger partial charge in [-0.05, 0) is 43.7 Å². The molecule has 0 aromatic heterocycles. The Balaban J connectivity index is 1.99. The third kappa shape index (κ3) is 4.10. The number of rotatable bonds is 4. The molecule has 1 saturated heterocycles. The van der Waals surface area contributed by atoms with E-state index < -0.39 is 17.8 Å². The lowest BCUT2D eigenvalue weighted by Crippen LogP contribution is -2.39. The zero-order valence-corrected chi connectivity index (χ0v) is 12.4. The van der Waals surface area contributed by atoms with Crippen LogP contribution in [0.5, 0.6) is 0 Å². The molecule has 1 atom stereocenters. The number of hydrogen-bond acceptors (Lipinski definition) is 3. The van der Waals surface area contributed by atoms with Crippen LogP contribution in [-0.4, -0.2) is 34.2 Å². The van der Waals surface area contributed by atoms with Crippen molar-refractivity contribution in [2.75, 3.05) is 17.6 Å². The lowest BCUT2D eigenvalue weighted by Gasteiger charge is -2.23. The summed E-state index contributed by atoms with van der Waals surface area (Å²) in [7, 11) is 0. The van der Waals surface area contributed by atoms with E-state index >= 15 is 0 Å². The molecule has 2 rings (SSSR count). The van der Waals surface area contributed by atoms with Gasteiger partial charge in [0.05, 0.1) is 11.3 Å². The molecule has 5 nitrogen and oxygen atoms in total. The average Bonchev–Trinajstić information content (AvgIpc) is 2.84. The molecule has 1 heterocycles. The summed E-state index contributed by atoms with van der Waals surface area (Å²) in [4.78, 5) is 22.9. The number of hydrogen-bond donors (Lipinski definition) is 3. The zero-order chi connectivity index (χ0) is 15.5.